The highest BCUT2D eigenvalue weighted by molar-refractivity contribution is 6.40. The fourth-order valence-corrected chi connectivity index (χ4v) is 1.89. The molecule has 0 saturated carbocycles. The summed E-state index contributed by atoms with van der Waals surface area (Å²) in [7, 11) is 1.16. The molecule has 19 heavy (non-hydrogen) atoms. The normalized spacial score (nSPS) is 15.6. The zero-order chi connectivity index (χ0) is 14.2. The predicted octanol–water partition coefficient (Wildman–Crippen LogP) is 1.28. The number of esters is 1. The van der Waals surface area contributed by atoms with E-state index in [9.17, 15) is 18.8 Å². The molecule has 2 amide bonds. The lowest BCUT2D eigenvalue weighted by molar-refractivity contribution is -0.135. The second-order valence-corrected chi connectivity index (χ2v) is 3.90. The lowest BCUT2D eigenvalue weighted by Crippen LogP contribution is -2.31. The SMILES string of the molecule is COC(=O)/C=C1/C(=O)N(C(C)=O)c2ccc(F)cc21. The summed E-state index contributed by atoms with van der Waals surface area (Å²) in [6, 6.07) is 3.57. The number of halogens is 1. The van der Waals surface area contributed by atoms with Gasteiger partial charge in [-0.2, -0.15) is 0 Å². The van der Waals surface area contributed by atoms with Crippen LogP contribution < -0.4 is 4.90 Å². The molecule has 6 heteroatoms. The maximum absolute atomic E-state index is 13.3. The lowest BCUT2D eigenvalue weighted by atomic mass is 10.1. The number of carbonyl (C=O) groups is 3. The number of benzene rings is 1. The second-order valence-electron chi connectivity index (χ2n) is 3.90. The van der Waals surface area contributed by atoms with Gasteiger partial charge >= 0.3 is 5.97 Å². The molecule has 1 aliphatic heterocycles. The maximum atomic E-state index is 13.3. The first kappa shape index (κ1) is 12.9. The molecule has 0 N–H and O–H groups in total. The van der Waals surface area contributed by atoms with Gasteiger partial charge in [0.2, 0.25) is 5.91 Å². The van der Waals surface area contributed by atoms with Gasteiger partial charge in [0.25, 0.3) is 5.91 Å². The molecular formula is C13H10FNO4. The third-order valence-electron chi connectivity index (χ3n) is 2.70. The van der Waals surface area contributed by atoms with Gasteiger partial charge in [-0.15, -0.1) is 0 Å². The first-order valence-electron chi connectivity index (χ1n) is 5.40. The number of nitrogens with zero attached hydrogens (tertiary/aromatic N) is 1. The Morgan fingerprint density at radius 2 is 2.05 bits per heavy atom. The Hall–Kier alpha value is -2.50. The van der Waals surface area contributed by atoms with Crippen LogP contribution in [0.3, 0.4) is 0 Å². The van der Waals surface area contributed by atoms with Crippen LogP contribution in [0.1, 0.15) is 12.5 Å². The molecule has 0 spiro atoms. The average molecular weight is 263 g/mol. The molecule has 5 nitrogen and oxygen atoms in total. The Kier molecular flexibility index (Phi) is 3.16. The molecule has 0 atom stereocenters. The number of ether oxygens (including phenoxy) is 1. The number of rotatable bonds is 1. The van der Waals surface area contributed by atoms with Gasteiger partial charge in [-0.1, -0.05) is 0 Å². The fourth-order valence-electron chi connectivity index (χ4n) is 1.89. The van der Waals surface area contributed by atoms with Crippen molar-refractivity contribution in [3.05, 3.63) is 35.7 Å². The summed E-state index contributed by atoms with van der Waals surface area (Å²) < 4.78 is 17.7. The van der Waals surface area contributed by atoms with Crippen LogP contribution in [-0.2, 0) is 19.1 Å². The van der Waals surface area contributed by atoms with Crippen LogP contribution in [0.25, 0.3) is 5.57 Å². The number of hydrogen-bond donors (Lipinski definition) is 0. The minimum absolute atomic E-state index is 0.0587. The molecule has 2 rings (SSSR count). The Morgan fingerprint density at radius 1 is 1.37 bits per heavy atom. The van der Waals surface area contributed by atoms with Gasteiger partial charge in [0, 0.05) is 18.6 Å². The molecular weight excluding hydrogens is 253 g/mol. The third-order valence-corrected chi connectivity index (χ3v) is 2.70. The Bertz CT molecular complexity index is 621. The minimum Gasteiger partial charge on any atom is -0.466 e. The number of imide groups is 1. The topological polar surface area (TPSA) is 63.7 Å². The fraction of sp³-hybridized carbons (Fsp3) is 0.154. The van der Waals surface area contributed by atoms with Gasteiger partial charge in [-0.25, -0.2) is 14.1 Å². The van der Waals surface area contributed by atoms with E-state index in [1.807, 2.05) is 0 Å². The molecule has 1 aliphatic rings. The first-order chi connectivity index (χ1) is 8.95. The summed E-state index contributed by atoms with van der Waals surface area (Å²) in [5, 5.41) is 0. The Balaban J connectivity index is 2.63. The number of fused-ring (bicyclic) bond motifs is 1. The van der Waals surface area contributed by atoms with E-state index in [0.717, 1.165) is 30.2 Å². The summed E-state index contributed by atoms with van der Waals surface area (Å²) >= 11 is 0. The van der Waals surface area contributed by atoms with E-state index in [0.29, 0.717) is 0 Å². The van der Waals surface area contributed by atoms with Crippen molar-refractivity contribution in [3.8, 4) is 0 Å². The monoisotopic (exact) mass is 263 g/mol. The molecule has 0 aromatic heterocycles. The van der Waals surface area contributed by atoms with Crippen LogP contribution >= 0.6 is 0 Å². The predicted molar refractivity (Wildman–Crippen MR) is 64.6 cm³/mol. The van der Waals surface area contributed by atoms with Crippen LogP contribution in [0.2, 0.25) is 0 Å². The second kappa shape index (κ2) is 4.64. The number of carbonyl (C=O) groups excluding carboxylic acids is 3. The zero-order valence-electron chi connectivity index (χ0n) is 10.3. The number of methoxy groups -OCH3 is 1. The number of amides is 2. The van der Waals surface area contributed by atoms with Gasteiger partial charge in [-0.05, 0) is 18.2 Å². The van der Waals surface area contributed by atoms with E-state index in [4.69, 9.17) is 0 Å². The number of hydrogen-bond acceptors (Lipinski definition) is 4. The molecule has 0 unspecified atom stereocenters. The van der Waals surface area contributed by atoms with Gasteiger partial charge in [0.1, 0.15) is 5.82 Å². The van der Waals surface area contributed by atoms with Crippen molar-refractivity contribution < 1.29 is 23.5 Å². The van der Waals surface area contributed by atoms with Crippen molar-refractivity contribution in [2.24, 2.45) is 0 Å². The number of anilines is 1. The summed E-state index contributed by atoms with van der Waals surface area (Å²) in [5.41, 5.74) is 0.399. The molecule has 0 saturated heterocycles. The third kappa shape index (κ3) is 2.12. The summed E-state index contributed by atoms with van der Waals surface area (Å²) in [5.74, 6) is -2.48. The van der Waals surface area contributed by atoms with Crippen molar-refractivity contribution in [3.63, 3.8) is 0 Å². The van der Waals surface area contributed by atoms with E-state index in [-0.39, 0.29) is 16.8 Å². The van der Waals surface area contributed by atoms with E-state index >= 15 is 0 Å². The van der Waals surface area contributed by atoms with Gasteiger partial charge in [0.15, 0.2) is 0 Å². The van der Waals surface area contributed by atoms with Crippen LogP contribution in [0, 0.1) is 5.82 Å². The molecule has 0 aliphatic carbocycles. The lowest BCUT2D eigenvalue weighted by Gasteiger charge is -2.11. The van der Waals surface area contributed by atoms with E-state index in [1.54, 1.807) is 0 Å². The molecule has 0 fully saturated rings. The minimum atomic E-state index is -0.746. The Labute approximate surface area is 108 Å². The largest absolute Gasteiger partial charge is 0.466 e. The van der Waals surface area contributed by atoms with Crippen molar-refractivity contribution in [1.29, 1.82) is 0 Å². The maximum Gasteiger partial charge on any atom is 0.331 e. The van der Waals surface area contributed by atoms with Crippen LogP contribution in [-0.4, -0.2) is 24.9 Å². The average Bonchev–Trinajstić information content (AvgIpc) is 2.62. The van der Waals surface area contributed by atoms with Crippen molar-refractivity contribution in [1.82, 2.24) is 0 Å². The van der Waals surface area contributed by atoms with E-state index < -0.39 is 23.6 Å². The smallest absolute Gasteiger partial charge is 0.331 e. The molecule has 0 bridgehead atoms. The van der Waals surface area contributed by atoms with Crippen molar-refractivity contribution >= 4 is 29.0 Å². The van der Waals surface area contributed by atoms with Gasteiger partial charge in [0.05, 0.1) is 18.4 Å². The summed E-state index contributed by atoms with van der Waals surface area (Å²) in [6.45, 7) is 1.21. The van der Waals surface area contributed by atoms with Crippen molar-refractivity contribution in [2.45, 2.75) is 6.92 Å². The molecule has 1 aromatic rings. The highest BCUT2D eigenvalue weighted by atomic mass is 19.1. The molecule has 98 valence electrons. The van der Waals surface area contributed by atoms with E-state index in [2.05, 4.69) is 4.74 Å². The quantitative estimate of drug-likeness (QED) is 0.565. The van der Waals surface area contributed by atoms with E-state index in [1.165, 1.54) is 13.0 Å². The van der Waals surface area contributed by atoms with Crippen LogP contribution in [0.5, 0.6) is 0 Å². The summed E-state index contributed by atoms with van der Waals surface area (Å²) in [6.07, 6.45) is 0.948. The zero-order valence-corrected chi connectivity index (χ0v) is 10.3. The molecule has 1 aromatic carbocycles. The van der Waals surface area contributed by atoms with Crippen LogP contribution in [0.4, 0.5) is 10.1 Å². The molecule has 0 radical (unpaired) electrons. The molecule has 1 heterocycles. The van der Waals surface area contributed by atoms with Crippen LogP contribution in [0.15, 0.2) is 24.3 Å². The highest BCUT2D eigenvalue weighted by Crippen LogP contribution is 2.37. The van der Waals surface area contributed by atoms with Gasteiger partial charge < -0.3 is 4.74 Å². The van der Waals surface area contributed by atoms with Gasteiger partial charge in [-0.3, -0.25) is 9.59 Å². The Morgan fingerprint density at radius 3 is 2.63 bits per heavy atom. The van der Waals surface area contributed by atoms with Crippen molar-refractivity contribution in [2.75, 3.05) is 12.0 Å². The first-order valence-corrected chi connectivity index (χ1v) is 5.40. The highest BCUT2D eigenvalue weighted by Gasteiger charge is 2.35. The summed E-state index contributed by atoms with van der Waals surface area (Å²) in [4.78, 5) is 35.7. The standard InChI is InChI=1S/C13H10FNO4/c1-7(16)15-11-4-3-8(14)5-9(11)10(13(15)18)6-12(17)19-2/h3-6H,1-2H3/b10-6+.